The number of aliphatic imine (C=N–C) groups is 1. The van der Waals surface area contributed by atoms with Gasteiger partial charge in [0.05, 0.1) is 0 Å². The Bertz CT molecular complexity index is 358. The lowest BCUT2D eigenvalue weighted by Gasteiger charge is -2.33. The zero-order valence-corrected chi connectivity index (χ0v) is 14.7. The van der Waals surface area contributed by atoms with Gasteiger partial charge in [-0.1, -0.05) is 0 Å². The Morgan fingerprint density at radius 1 is 1.09 bits per heavy atom. The van der Waals surface area contributed by atoms with Gasteiger partial charge in [0, 0.05) is 69.9 Å². The van der Waals surface area contributed by atoms with E-state index in [4.69, 9.17) is 0 Å². The van der Waals surface area contributed by atoms with Gasteiger partial charge in [-0.15, -0.1) is 0 Å². The Morgan fingerprint density at radius 2 is 1.82 bits per heavy atom. The van der Waals surface area contributed by atoms with E-state index in [1.165, 1.54) is 63.4 Å². The monoisotopic (exact) mass is 325 g/mol. The third-order valence-electron chi connectivity index (χ3n) is 4.98. The maximum absolute atomic E-state index is 4.39. The number of thioether (sulfide) groups is 1. The lowest BCUT2D eigenvalue weighted by molar-refractivity contribution is 0.197. The molecule has 3 fully saturated rings. The minimum Gasteiger partial charge on any atom is -0.355 e. The van der Waals surface area contributed by atoms with Crippen molar-refractivity contribution in [2.75, 3.05) is 57.8 Å². The van der Waals surface area contributed by atoms with Gasteiger partial charge in [-0.3, -0.25) is 9.89 Å². The van der Waals surface area contributed by atoms with Gasteiger partial charge in [-0.05, 0) is 25.7 Å². The second-order valence-electron chi connectivity index (χ2n) is 6.64. The number of likely N-dealkylation sites (tertiary alicyclic amines) is 1. The van der Waals surface area contributed by atoms with Gasteiger partial charge in [0.15, 0.2) is 5.96 Å². The molecule has 1 saturated carbocycles. The lowest BCUT2D eigenvalue weighted by atomic mass is 10.1. The number of hydrogen-bond acceptors (Lipinski definition) is 4. The van der Waals surface area contributed by atoms with E-state index >= 15 is 0 Å². The molecular formula is C16H31N5S. The molecule has 0 amide bonds. The highest BCUT2D eigenvalue weighted by Crippen LogP contribution is 2.29. The first-order chi connectivity index (χ1) is 10.8. The molecule has 5 nitrogen and oxygen atoms in total. The minimum atomic E-state index is 0.590. The molecule has 6 heteroatoms. The van der Waals surface area contributed by atoms with Crippen molar-refractivity contribution in [3.05, 3.63) is 0 Å². The predicted molar refractivity (Wildman–Crippen MR) is 95.9 cm³/mol. The molecule has 3 aliphatic rings. The normalized spacial score (nSPS) is 26.1. The maximum atomic E-state index is 4.39. The second kappa shape index (κ2) is 8.41. The van der Waals surface area contributed by atoms with Crippen LogP contribution >= 0.6 is 11.8 Å². The second-order valence-corrected chi connectivity index (χ2v) is 7.86. The molecule has 0 unspecified atom stereocenters. The summed E-state index contributed by atoms with van der Waals surface area (Å²) in [5.41, 5.74) is 0. The van der Waals surface area contributed by atoms with Crippen molar-refractivity contribution in [2.45, 2.75) is 37.8 Å². The van der Waals surface area contributed by atoms with Gasteiger partial charge in [0.25, 0.3) is 0 Å². The molecule has 22 heavy (non-hydrogen) atoms. The summed E-state index contributed by atoms with van der Waals surface area (Å²) < 4.78 is 0. The molecule has 1 aliphatic carbocycles. The fourth-order valence-electron chi connectivity index (χ4n) is 3.39. The Morgan fingerprint density at radius 3 is 2.45 bits per heavy atom. The molecule has 0 radical (unpaired) electrons. The molecule has 0 spiro atoms. The van der Waals surface area contributed by atoms with Crippen molar-refractivity contribution in [3.8, 4) is 0 Å². The quantitative estimate of drug-likeness (QED) is 0.579. The third kappa shape index (κ3) is 5.03. The summed E-state index contributed by atoms with van der Waals surface area (Å²) in [6.45, 7) is 7.10. The summed E-state index contributed by atoms with van der Waals surface area (Å²) in [6, 6.07) is 1.51. The number of hydrogen-bond donors (Lipinski definition) is 2. The van der Waals surface area contributed by atoms with E-state index in [-0.39, 0.29) is 0 Å². The van der Waals surface area contributed by atoms with Crippen LogP contribution in [0.1, 0.15) is 25.7 Å². The SMILES string of the molecule is CN=C(NCCN1CCSCC1)NC1CCN(C2CC2)CC1. The molecule has 3 rings (SSSR count). The molecule has 0 aromatic carbocycles. The fourth-order valence-corrected chi connectivity index (χ4v) is 4.37. The van der Waals surface area contributed by atoms with Gasteiger partial charge >= 0.3 is 0 Å². The largest absolute Gasteiger partial charge is 0.355 e. The van der Waals surface area contributed by atoms with Crippen molar-refractivity contribution < 1.29 is 0 Å². The predicted octanol–water partition coefficient (Wildman–Crippen LogP) is 0.827. The number of nitrogens with one attached hydrogen (secondary N) is 2. The van der Waals surface area contributed by atoms with Crippen LogP contribution in [0.3, 0.4) is 0 Å². The van der Waals surface area contributed by atoms with Crippen LogP contribution in [0.25, 0.3) is 0 Å². The summed E-state index contributed by atoms with van der Waals surface area (Å²) in [5, 5.41) is 7.10. The van der Waals surface area contributed by atoms with Crippen molar-refractivity contribution >= 4 is 17.7 Å². The molecule has 2 N–H and O–H groups in total. The van der Waals surface area contributed by atoms with Crippen molar-refractivity contribution in [2.24, 2.45) is 4.99 Å². The zero-order valence-electron chi connectivity index (χ0n) is 13.9. The van der Waals surface area contributed by atoms with Gasteiger partial charge in [-0.2, -0.15) is 11.8 Å². The van der Waals surface area contributed by atoms with E-state index in [1.807, 2.05) is 7.05 Å². The van der Waals surface area contributed by atoms with Gasteiger partial charge in [0.1, 0.15) is 0 Å². The van der Waals surface area contributed by atoms with Crippen molar-refractivity contribution in [1.29, 1.82) is 0 Å². The average molecular weight is 326 g/mol. The van der Waals surface area contributed by atoms with Crippen molar-refractivity contribution in [1.82, 2.24) is 20.4 Å². The van der Waals surface area contributed by atoms with E-state index in [2.05, 4.69) is 37.2 Å². The Kier molecular flexibility index (Phi) is 6.27. The number of guanidine groups is 1. The van der Waals surface area contributed by atoms with Crippen LogP contribution in [0.4, 0.5) is 0 Å². The molecule has 126 valence electrons. The zero-order chi connectivity index (χ0) is 15.2. The number of piperidine rings is 1. The minimum absolute atomic E-state index is 0.590. The first kappa shape index (κ1) is 16.4. The Hall–Kier alpha value is -0.460. The van der Waals surface area contributed by atoms with E-state index in [9.17, 15) is 0 Å². The molecule has 0 aromatic rings. The van der Waals surface area contributed by atoms with Gasteiger partial charge in [-0.25, -0.2) is 0 Å². The van der Waals surface area contributed by atoms with E-state index < -0.39 is 0 Å². The Balaban J connectivity index is 1.31. The summed E-state index contributed by atoms with van der Waals surface area (Å²) in [5.74, 6) is 3.55. The van der Waals surface area contributed by atoms with Crippen LogP contribution < -0.4 is 10.6 Å². The lowest BCUT2D eigenvalue weighted by Crippen LogP contribution is -2.50. The molecule has 2 aliphatic heterocycles. The van der Waals surface area contributed by atoms with Gasteiger partial charge in [0.2, 0.25) is 0 Å². The molecule has 0 aromatic heterocycles. The fraction of sp³-hybridized carbons (Fsp3) is 0.938. The van der Waals surface area contributed by atoms with Crippen LogP contribution in [0.2, 0.25) is 0 Å². The van der Waals surface area contributed by atoms with Crippen LogP contribution in [-0.2, 0) is 0 Å². The summed E-state index contributed by atoms with van der Waals surface area (Å²) in [7, 11) is 1.88. The summed E-state index contributed by atoms with van der Waals surface area (Å²) in [4.78, 5) is 9.61. The topological polar surface area (TPSA) is 42.9 Å². The van der Waals surface area contributed by atoms with Crippen LogP contribution in [0.5, 0.6) is 0 Å². The molecule has 2 heterocycles. The highest BCUT2D eigenvalue weighted by molar-refractivity contribution is 7.99. The first-order valence-corrected chi connectivity index (χ1v) is 10.0. The molecule has 0 atom stereocenters. The molecular weight excluding hydrogens is 294 g/mol. The summed E-state index contributed by atoms with van der Waals surface area (Å²) in [6.07, 6.45) is 5.35. The third-order valence-corrected chi connectivity index (χ3v) is 5.92. The van der Waals surface area contributed by atoms with E-state index in [1.54, 1.807) is 0 Å². The van der Waals surface area contributed by atoms with Crippen molar-refractivity contribution in [3.63, 3.8) is 0 Å². The molecule has 2 saturated heterocycles. The van der Waals surface area contributed by atoms with Crippen LogP contribution in [-0.4, -0.2) is 85.7 Å². The number of nitrogens with zero attached hydrogens (tertiary/aromatic N) is 3. The summed E-state index contributed by atoms with van der Waals surface area (Å²) >= 11 is 2.07. The highest BCUT2D eigenvalue weighted by atomic mass is 32.2. The number of rotatable bonds is 5. The van der Waals surface area contributed by atoms with E-state index in [0.717, 1.165) is 25.1 Å². The Labute approximate surface area is 139 Å². The highest BCUT2D eigenvalue weighted by Gasteiger charge is 2.31. The molecule has 0 bridgehead atoms. The smallest absolute Gasteiger partial charge is 0.191 e. The van der Waals surface area contributed by atoms with Gasteiger partial charge < -0.3 is 15.5 Å². The first-order valence-electron chi connectivity index (χ1n) is 8.86. The average Bonchev–Trinajstić information content (AvgIpc) is 3.40. The van der Waals surface area contributed by atoms with Crippen LogP contribution in [0, 0.1) is 0 Å². The standard InChI is InChI=1S/C16H31N5S/c1-17-16(18-6-9-20-10-12-22-13-11-20)19-14-4-7-21(8-5-14)15-2-3-15/h14-15H,2-13H2,1H3,(H2,17,18,19). The van der Waals surface area contributed by atoms with E-state index in [0.29, 0.717) is 6.04 Å². The maximum Gasteiger partial charge on any atom is 0.191 e. The van der Waals surface area contributed by atoms with Crippen LogP contribution in [0.15, 0.2) is 4.99 Å².